The summed E-state index contributed by atoms with van der Waals surface area (Å²) in [5, 5.41) is 3.54. The second-order valence-corrected chi connectivity index (χ2v) is 8.28. The molecule has 162 valence electrons. The Morgan fingerprint density at radius 2 is 1.67 bits per heavy atom. The molecule has 0 aliphatic heterocycles. The molecular formula is C24H31ClN2O3. The summed E-state index contributed by atoms with van der Waals surface area (Å²) in [6, 6.07) is 12.5. The summed E-state index contributed by atoms with van der Waals surface area (Å²) in [7, 11) is 0. The van der Waals surface area contributed by atoms with Crippen LogP contribution < -0.4 is 10.1 Å². The largest absolute Gasteiger partial charge is 0.484 e. The monoisotopic (exact) mass is 430 g/mol. The van der Waals surface area contributed by atoms with Crippen molar-refractivity contribution in [1.29, 1.82) is 0 Å². The van der Waals surface area contributed by atoms with E-state index in [1.54, 1.807) is 17.0 Å². The second kappa shape index (κ2) is 11.0. The summed E-state index contributed by atoms with van der Waals surface area (Å²) in [4.78, 5) is 27.5. The van der Waals surface area contributed by atoms with Crippen molar-refractivity contribution in [2.45, 2.75) is 59.7 Å². The van der Waals surface area contributed by atoms with Gasteiger partial charge in [0.1, 0.15) is 11.8 Å². The molecule has 0 radical (unpaired) electrons. The highest BCUT2D eigenvalue weighted by Crippen LogP contribution is 2.18. The van der Waals surface area contributed by atoms with E-state index in [2.05, 4.69) is 5.32 Å². The Morgan fingerprint density at radius 1 is 1.07 bits per heavy atom. The fourth-order valence-electron chi connectivity index (χ4n) is 3.33. The molecule has 0 spiro atoms. The van der Waals surface area contributed by atoms with Crippen molar-refractivity contribution >= 4 is 23.4 Å². The third-order valence-electron chi connectivity index (χ3n) is 4.64. The Morgan fingerprint density at radius 3 is 2.20 bits per heavy atom. The van der Waals surface area contributed by atoms with Gasteiger partial charge in [0.25, 0.3) is 5.91 Å². The van der Waals surface area contributed by atoms with Crippen molar-refractivity contribution in [3.8, 4) is 5.75 Å². The predicted molar refractivity (Wildman–Crippen MR) is 121 cm³/mol. The van der Waals surface area contributed by atoms with E-state index in [0.717, 1.165) is 16.7 Å². The van der Waals surface area contributed by atoms with Crippen molar-refractivity contribution in [1.82, 2.24) is 10.2 Å². The second-order valence-electron chi connectivity index (χ2n) is 7.85. The Kier molecular flexibility index (Phi) is 8.72. The standard InChI is InChI=1S/C24H31ClN2O3/c1-6-22(24(29)26-16(2)3)27(14-19-7-9-20(25)10-8-19)23(28)15-30-21-12-17(4)11-18(5)13-21/h7-13,16,22H,6,14-15H2,1-5H3,(H,26,29). The van der Waals surface area contributed by atoms with Gasteiger partial charge in [0, 0.05) is 17.6 Å². The maximum absolute atomic E-state index is 13.1. The van der Waals surface area contributed by atoms with E-state index >= 15 is 0 Å². The first-order valence-corrected chi connectivity index (χ1v) is 10.6. The molecule has 30 heavy (non-hydrogen) atoms. The lowest BCUT2D eigenvalue weighted by Gasteiger charge is -2.31. The Balaban J connectivity index is 2.22. The number of carbonyl (C=O) groups is 2. The number of hydrogen-bond donors (Lipinski definition) is 1. The number of rotatable bonds is 9. The van der Waals surface area contributed by atoms with Crippen molar-refractivity contribution in [2.75, 3.05) is 6.61 Å². The van der Waals surface area contributed by atoms with Gasteiger partial charge in [-0.2, -0.15) is 0 Å². The number of ether oxygens (including phenoxy) is 1. The summed E-state index contributed by atoms with van der Waals surface area (Å²) in [5.74, 6) is 0.239. The van der Waals surface area contributed by atoms with Gasteiger partial charge >= 0.3 is 0 Å². The molecule has 2 aromatic carbocycles. The van der Waals surface area contributed by atoms with Crippen molar-refractivity contribution in [2.24, 2.45) is 0 Å². The fourth-order valence-corrected chi connectivity index (χ4v) is 3.46. The topological polar surface area (TPSA) is 58.6 Å². The molecule has 0 fully saturated rings. The van der Waals surface area contributed by atoms with Crippen LogP contribution in [0.25, 0.3) is 0 Å². The molecule has 0 bridgehead atoms. The molecule has 0 aliphatic carbocycles. The predicted octanol–water partition coefficient (Wildman–Crippen LogP) is 4.67. The summed E-state index contributed by atoms with van der Waals surface area (Å²) in [5.41, 5.74) is 3.03. The number of halogens is 1. The van der Waals surface area contributed by atoms with Crippen molar-refractivity contribution in [3.05, 3.63) is 64.2 Å². The zero-order valence-corrected chi connectivity index (χ0v) is 19.1. The minimum Gasteiger partial charge on any atom is -0.484 e. The van der Waals surface area contributed by atoms with Crippen LogP contribution in [0.3, 0.4) is 0 Å². The van der Waals surface area contributed by atoms with Crippen LogP contribution in [0.4, 0.5) is 0 Å². The minimum atomic E-state index is -0.585. The summed E-state index contributed by atoms with van der Waals surface area (Å²) in [6.07, 6.45) is 0.501. The zero-order valence-electron chi connectivity index (χ0n) is 18.4. The van der Waals surface area contributed by atoms with E-state index in [1.165, 1.54) is 0 Å². The van der Waals surface area contributed by atoms with Crippen LogP contribution in [-0.4, -0.2) is 35.4 Å². The van der Waals surface area contributed by atoms with E-state index in [9.17, 15) is 9.59 Å². The zero-order chi connectivity index (χ0) is 22.3. The van der Waals surface area contributed by atoms with Gasteiger partial charge < -0.3 is 15.0 Å². The van der Waals surface area contributed by atoms with Gasteiger partial charge in [-0.25, -0.2) is 0 Å². The van der Waals surface area contributed by atoms with E-state index in [0.29, 0.717) is 23.7 Å². The first-order chi connectivity index (χ1) is 14.2. The van der Waals surface area contributed by atoms with Gasteiger partial charge in [-0.05, 0) is 75.1 Å². The molecule has 1 atom stereocenters. The molecular weight excluding hydrogens is 400 g/mol. The number of nitrogens with zero attached hydrogens (tertiary/aromatic N) is 1. The highest BCUT2D eigenvalue weighted by Gasteiger charge is 2.29. The van der Waals surface area contributed by atoms with E-state index < -0.39 is 6.04 Å². The third kappa shape index (κ3) is 7.06. The van der Waals surface area contributed by atoms with Gasteiger partial charge in [-0.15, -0.1) is 0 Å². The van der Waals surface area contributed by atoms with Crippen molar-refractivity contribution in [3.63, 3.8) is 0 Å². The first kappa shape index (κ1) is 23.7. The fraction of sp³-hybridized carbons (Fsp3) is 0.417. The summed E-state index contributed by atoms with van der Waals surface area (Å²) in [6.45, 7) is 9.84. The van der Waals surface area contributed by atoms with Crippen LogP contribution in [0.15, 0.2) is 42.5 Å². The Bertz CT molecular complexity index is 845. The number of carbonyl (C=O) groups excluding carboxylic acids is 2. The SMILES string of the molecule is CCC(C(=O)NC(C)C)N(Cc1ccc(Cl)cc1)C(=O)COc1cc(C)cc(C)c1. The van der Waals surface area contributed by atoms with Crippen molar-refractivity contribution < 1.29 is 14.3 Å². The molecule has 0 saturated carbocycles. The Labute approximate surface area is 184 Å². The van der Waals surface area contributed by atoms with Gasteiger partial charge in [0.15, 0.2) is 6.61 Å². The molecule has 2 rings (SSSR count). The van der Waals surface area contributed by atoms with E-state index in [-0.39, 0.29) is 24.5 Å². The molecule has 0 heterocycles. The molecule has 5 nitrogen and oxygen atoms in total. The lowest BCUT2D eigenvalue weighted by atomic mass is 10.1. The smallest absolute Gasteiger partial charge is 0.261 e. The van der Waals surface area contributed by atoms with Crippen LogP contribution in [0.5, 0.6) is 5.75 Å². The molecule has 0 aromatic heterocycles. The average molecular weight is 431 g/mol. The Hall–Kier alpha value is -2.53. The highest BCUT2D eigenvalue weighted by molar-refractivity contribution is 6.30. The highest BCUT2D eigenvalue weighted by atomic mass is 35.5. The van der Waals surface area contributed by atoms with Gasteiger partial charge in [0.05, 0.1) is 0 Å². The molecule has 1 N–H and O–H groups in total. The van der Waals surface area contributed by atoms with Crippen LogP contribution in [0, 0.1) is 13.8 Å². The maximum Gasteiger partial charge on any atom is 0.261 e. The first-order valence-electron chi connectivity index (χ1n) is 10.2. The number of nitrogens with one attached hydrogen (secondary N) is 1. The lowest BCUT2D eigenvalue weighted by molar-refractivity contribution is -0.143. The maximum atomic E-state index is 13.1. The normalized spacial score (nSPS) is 11.8. The number of amides is 2. The summed E-state index contributed by atoms with van der Waals surface area (Å²) >= 11 is 5.99. The van der Waals surface area contributed by atoms with Crippen LogP contribution in [0.1, 0.15) is 43.9 Å². The number of benzene rings is 2. The van der Waals surface area contributed by atoms with E-state index in [1.807, 2.05) is 65.0 Å². The van der Waals surface area contributed by atoms with Crippen LogP contribution >= 0.6 is 11.6 Å². The van der Waals surface area contributed by atoms with Crippen LogP contribution in [0.2, 0.25) is 5.02 Å². The minimum absolute atomic E-state index is 0.00875. The molecule has 0 saturated heterocycles. The quantitative estimate of drug-likeness (QED) is 0.629. The van der Waals surface area contributed by atoms with Gasteiger partial charge in [-0.3, -0.25) is 9.59 Å². The number of hydrogen-bond acceptors (Lipinski definition) is 3. The lowest BCUT2D eigenvalue weighted by Crippen LogP contribution is -2.51. The van der Waals surface area contributed by atoms with E-state index in [4.69, 9.17) is 16.3 Å². The third-order valence-corrected chi connectivity index (χ3v) is 4.89. The molecule has 2 aromatic rings. The average Bonchev–Trinajstić information content (AvgIpc) is 2.66. The van der Waals surface area contributed by atoms with Crippen LogP contribution in [-0.2, 0) is 16.1 Å². The molecule has 6 heteroatoms. The molecule has 0 aliphatic rings. The number of aryl methyl sites for hydroxylation is 2. The molecule has 1 unspecified atom stereocenters. The van der Waals surface area contributed by atoms with Gasteiger partial charge in [-0.1, -0.05) is 36.7 Å². The summed E-state index contributed by atoms with van der Waals surface area (Å²) < 4.78 is 5.78. The molecule has 2 amide bonds. The van der Waals surface area contributed by atoms with Gasteiger partial charge in [0.2, 0.25) is 5.91 Å².